The molecule has 1 aromatic rings. The van der Waals surface area contributed by atoms with Crippen LogP contribution in [0.3, 0.4) is 0 Å². The monoisotopic (exact) mass is 358 g/mol. The number of nitro benzene ring substituents is 1. The summed E-state index contributed by atoms with van der Waals surface area (Å²) < 4.78 is 32.9. The van der Waals surface area contributed by atoms with Gasteiger partial charge in [-0.15, -0.1) is 11.8 Å². The van der Waals surface area contributed by atoms with Gasteiger partial charge in [-0.05, 0) is 25.3 Å². The van der Waals surface area contributed by atoms with Crippen molar-refractivity contribution < 1.29 is 18.1 Å². The number of thioether (sulfide) groups is 1. The van der Waals surface area contributed by atoms with Gasteiger partial charge >= 0.3 is 0 Å². The molecular weight excluding hydrogens is 340 g/mol. The summed E-state index contributed by atoms with van der Waals surface area (Å²) in [4.78, 5) is 10.1. The minimum atomic E-state index is -3.73. The van der Waals surface area contributed by atoms with Gasteiger partial charge in [-0.2, -0.15) is 4.31 Å². The molecule has 0 radical (unpaired) electrons. The quantitative estimate of drug-likeness (QED) is 0.607. The Bertz CT molecular complexity index is 719. The minimum Gasteiger partial charge on any atom is -0.363 e. The number of hydrogen-bond acceptors (Lipinski definition) is 6. The van der Waals surface area contributed by atoms with Gasteiger partial charge in [-0.3, -0.25) is 10.1 Å². The molecule has 0 saturated carbocycles. The number of sulfonamides is 1. The van der Waals surface area contributed by atoms with E-state index >= 15 is 0 Å². The van der Waals surface area contributed by atoms with Gasteiger partial charge in [0.2, 0.25) is 10.0 Å². The van der Waals surface area contributed by atoms with Gasteiger partial charge in [0, 0.05) is 31.0 Å². The summed E-state index contributed by atoms with van der Waals surface area (Å²) >= 11 is 1.75. The third-order valence-electron chi connectivity index (χ3n) is 4.30. The second-order valence-electron chi connectivity index (χ2n) is 5.72. The van der Waals surface area contributed by atoms with E-state index in [1.165, 1.54) is 16.4 Å². The molecule has 0 bridgehead atoms. The highest BCUT2D eigenvalue weighted by Gasteiger charge is 2.42. The fourth-order valence-corrected chi connectivity index (χ4v) is 5.83. The number of hydrogen-bond donors (Lipinski definition) is 0. The second kappa shape index (κ2) is 6.04. The number of non-ortho nitro benzene ring substituents is 1. The molecule has 7 nitrogen and oxygen atoms in total. The van der Waals surface area contributed by atoms with E-state index in [-0.39, 0.29) is 15.5 Å². The van der Waals surface area contributed by atoms with Crippen molar-refractivity contribution in [3.05, 3.63) is 33.9 Å². The Balaban J connectivity index is 1.85. The first-order valence-electron chi connectivity index (χ1n) is 7.37. The van der Waals surface area contributed by atoms with Crippen LogP contribution in [0.5, 0.6) is 0 Å². The van der Waals surface area contributed by atoms with E-state index in [1.807, 2.05) is 0 Å². The SMILES string of the molecule is Cc1ccc([N+](=O)[O-])cc1S(=O)(=O)N1CCC2(CC1)OCCS2. The van der Waals surface area contributed by atoms with Crippen molar-refractivity contribution >= 4 is 27.5 Å². The zero-order valence-electron chi connectivity index (χ0n) is 12.7. The third kappa shape index (κ3) is 3.10. The normalized spacial score (nSPS) is 21.6. The molecule has 0 atom stereocenters. The van der Waals surface area contributed by atoms with Crippen molar-refractivity contribution in [3.8, 4) is 0 Å². The molecule has 2 heterocycles. The third-order valence-corrected chi connectivity index (χ3v) is 7.76. The van der Waals surface area contributed by atoms with Gasteiger partial charge in [0.25, 0.3) is 5.69 Å². The summed E-state index contributed by atoms with van der Waals surface area (Å²) in [5.74, 6) is 0.941. The maximum absolute atomic E-state index is 12.8. The lowest BCUT2D eigenvalue weighted by molar-refractivity contribution is -0.385. The number of rotatable bonds is 3. The zero-order chi connectivity index (χ0) is 16.7. The molecule has 126 valence electrons. The smallest absolute Gasteiger partial charge is 0.270 e. The van der Waals surface area contributed by atoms with Crippen LogP contribution in [0.2, 0.25) is 0 Å². The number of nitro groups is 1. The van der Waals surface area contributed by atoms with Crippen LogP contribution in [0.1, 0.15) is 18.4 Å². The van der Waals surface area contributed by atoms with Gasteiger partial charge in [-0.25, -0.2) is 8.42 Å². The first-order chi connectivity index (χ1) is 10.8. The summed E-state index contributed by atoms with van der Waals surface area (Å²) in [6.07, 6.45) is 1.29. The predicted molar refractivity (Wildman–Crippen MR) is 87.0 cm³/mol. The molecule has 0 aromatic heterocycles. The van der Waals surface area contributed by atoms with Crippen LogP contribution in [0.25, 0.3) is 0 Å². The van der Waals surface area contributed by atoms with Crippen molar-refractivity contribution in [2.24, 2.45) is 0 Å². The average Bonchev–Trinajstić information content (AvgIpc) is 2.96. The van der Waals surface area contributed by atoms with Crippen LogP contribution in [0.15, 0.2) is 23.1 Å². The Morgan fingerprint density at radius 2 is 2.04 bits per heavy atom. The molecule has 0 N–H and O–H groups in total. The Kier molecular flexibility index (Phi) is 4.39. The largest absolute Gasteiger partial charge is 0.363 e. The number of ether oxygens (including phenoxy) is 1. The lowest BCUT2D eigenvalue weighted by Gasteiger charge is -2.37. The molecular formula is C14H18N2O5S2. The average molecular weight is 358 g/mol. The fourth-order valence-electron chi connectivity index (χ4n) is 2.97. The lowest BCUT2D eigenvalue weighted by atomic mass is 10.1. The molecule has 1 aromatic carbocycles. The van der Waals surface area contributed by atoms with Gasteiger partial charge in [0.05, 0.1) is 16.4 Å². The second-order valence-corrected chi connectivity index (χ2v) is 9.07. The maximum atomic E-state index is 12.8. The van der Waals surface area contributed by atoms with Crippen LogP contribution in [0.4, 0.5) is 5.69 Å². The molecule has 1 spiro atoms. The molecule has 2 saturated heterocycles. The van der Waals surface area contributed by atoms with Gasteiger partial charge in [-0.1, -0.05) is 6.07 Å². The van der Waals surface area contributed by atoms with Crippen molar-refractivity contribution in [2.45, 2.75) is 29.6 Å². The van der Waals surface area contributed by atoms with E-state index in [0.29, 0.717) is 38.1 Å². The molecule has 0 unspecified atom stereocenters. The zero-order valence-corrected chi connectivity index (χ0v) is 14.4. The fraction of sp³-hybridized carbons (Fsp3) is 0.571. The molecule has 9 heteroatoms. The molecule has 0 amide bonds. The molecule has 3 rings (SSSR count). The van der Waals surface area contributed by atoms with Crippen LogP contribution < -0.4 is 0 Å². The number of piperidine rings is 1. The van der Waals surface area contributed by atoms with Crippen LogP contribution >= 0.6 is 11.8 Å². The van der Waals surface area contributed by atoms with Crippen molar-refractivity contribution in [1.29, 1.82) is 0 Å². The first-order valence-corrected chi connectivity index (χ1v) is 9.80. The number of nitrogens with zero attached hydrogens (tertiary/aromatic N) is 2. The van der Waals surface area contributed by atoms with Crippen molar-refractivity contribution in [3.63, 3.8) is 0 Å². The summed E-state index contributed by atoms with van der Waals surface area (Å²) in [6, 6.07) is 3.95. The molecule has 2 aliphatic heterocycles. The minimum absolute atomic E-state index is 0.0163. The summed E-state index contributed by atoms with van der Waals surface area (Å²) in [7, 11) is -3.73. The summed E-state index contributed by atoms with van der Waals surface area (Å²) in [5, 5.41) is 10.9. The highest BCUT2D eigenvalue weighted by molar-refractivity contribution is 8.00. The predicted octanol–water partition coefficient (Wildman–Crippen LogP) is 2.15. The number of benzene rings is 1. The Morgan fingerprint density at radius 1 is 1.35 bits per heavy atom. The van der Waals surface area contributed by atoms with Crippen LogP contribution in [0, 0.1) is 17.0 Å². The van der Waals surface area contributed by atoms with Gasteiger partial charge < -0.3 is 4.74 Å². The van der Waals surface area contributed by atoms with E-state index in [0.717, 1.165) is 11.8 Å². The number of aryl methyl sites for hydroxylation is 1. The molecule has 2 aliphatic rings. The molecule has 0 aliphatic carbocycles. The van der Waals surface area contributed by atoms with Crippen molar-refractivity contribution in [1.82, 2.24) is 4.31 Å². The highest BCUT2D eigenvalue weighted by Crippen LogP contribution is 2.42. The molecule has 2 fully saturated rings. The summed E-state index contributed by atoms with van der Waals surface area (Å²) in [5.41, 5.74) is 0.305. The van der Waals surface area contributed by atoms with Gasteiger partial charge in [0.15, 0.2) is 0 Å². The maximum Gasteiger partial charge on any atom is 0.270 e. The van der Waals surface area contributed by atoms with E-state index in [1.54, 1.807) is 18.7 Å². The Hall–Kier alpha value is -1.16. The van der Waals surface area contributed by atoms with Crippen LogP contribution in [-0.2, 0) is 14.8 Å². The first kappa shape index (κ1) is 16.7. The Morgan fingerprint density at radius 3 is 2.61 bits per heavy atom. The summed E-state index contributed by atoms with van der Waals surface area (Å²) in [6.45, 7) is 3.11. The van der Waals surface area contributed by atoms with E-state index < -0.39 is 14.9 Å². The van der Waals surface area contributed by atoms with Gasteiger partial charge in [0.1, 0.15) is 4.93 Å². The van der Waals surface area contributed by atoms with Crippen molar-refractivity contribution in [2.75, 3.05) is 25.4 Å². The standard InChI is InChI=1S/C14H18N2O5S2/c1-11-2-3-12(16(17)18)10-13(11)23(19,20)15-6-4-14(5-7-15)21-8-9-22-14/h2-3,10H,4-9H2,1H3. The molecule has 23 heavy (non-hydrogen) atoms. The van der Waals surface area contributed by atoms with E-state index in [9.17, 15) is 18.5 Å². The van der Waals surface area contributed by atoms with E-state index in [2.05, 4.69) is 0 Å². The Labute approximate surface area is 139 Å². The van der Waals surface area contributed by atoms with E-state index in [4.69, 9.17) is 4.74 Å². The topological polar surface area (TPSA) is 89.8 Å². The van der Waals surface area contributed by atoms with Crippen LogP contribution in [-0.4, -0.2) is 48.0 Å². The lowest BCUT2D eigenvalue weighted by Crippen LogP contribution is -2.45. The highest BCUT2D eigenvalue weighted by atomic mass is 32.2.